The Morgan fingerprint density at radius 2 is 2.00 bits per heavy atom. The molecule has 0 saturated heterocycles. The first-order chi connectivity index (χ1) is 9.82. The maximum Gasteiger partial charge on any atom is 0.407 e. The summed E-state index contributed by atoms with van der Waals surface area (Å²) in [5.41, 5.74) is 0.697. The zero-order valence-electron chi connectivity index (χ0n) is 13.3. The van der Waals surface area contributed by atoms with E-state index in [0.717, 1.165) is 30.6 Å². The molecule has 0 aliphatic heterocycles. The number of nitrogens with zero attached hydrogens (tertiary/aromatic N) is 1. The van der Waals surface area contributed by atoms with Crippen molar-refractivity contribution in [1.82, 2.24) is 10.3 Å². The van der Waals surface area contributed by atoms with E-state index >= 15 is 0 Å². The molecular formula is C16H25N3O2. The first kappa shape index (κ1) is 15.6. The van der Waals surface area contributed by atoms with Crippen molar-refractivity contribution in [2.24, 2.45) is 0 Å². The quantitative estimate of drug-likeness (QED) is 0.897. The van der Waals surface area contributed by atoms with Gasteiger partial charge >= 0.3 is 6.09 Å². The van der Waals surface area contributed by atoms with Gasteiger partial charge in [0.25, 0.3) is 0 Å². The van der Waals surface area contributed by atoms with E-state index in [1.807, 2.05) is 46.0 Å². The van der Waals surface area contributed by atoms with E-state index in [1.165, 1.54) is 0 Å². The number of carbonyl (C=O) groups excluding carboxylic acids is 1. The summed E-state index contributed by atoms with van der Waals surface area (Å²) in [6.07, 6.45) is 4.41. The third kappa shape index (κ3) is 5.25. The van der Waals surface area contributed by atoms with Gasteiger partial charge in [0.1, 0.15) is 11.4 Å². The van der Waals surface area contributed by atoms with Crippen LogP contribution in [-0.4, -0.2) is 28.8 Å². The minimum atomic E-state index is -0.452. The van der Waals surface area contributed by atoms with E-state index in [4.69, 9.17) is 4.74 Å². The van der Waals surface area contributed by atoms with Gasteiger partial charge in [-0.3, -0.25) is 0 Å². The molecule has 1 fully saturated rings. The second kappa shape index (κ2) is 6.33. The number of amides is 1. The van der Waals surface area contributed by atoms with Crippen LogP contribution in [0, 0.1) is 6.92 Å². The smallest absolute Gasteiger partial charge is 0.407 e. The number of anilines is 1. The van der Waals surface area contributed by atoms with Gasteiger partial charge in [-0.15, -0.1) is 0 Å². The highest BCUT2D eigenvalue weighted by Crippen LogP contribution is 2.23. The van der Waals surface area contributed by atoms with Crippen molar-refractivity contribution in [1.29, 1.82) is 0 Å². The average Bonchev–Trinajstić information content (AvgIpc) is 2.77. The van der Waals surface area contributed by atoms with Crippen LogP contribution in [0.15, 0.2) is 18.3 Å². The second-order valence-electron chi connectivity index (χ2n) is 6.72. The van der Waals surface area contributed by atoms with Crippen LogP contribution in [0.3, 0.4) is 0 Å². The fourth-order valence-corrected chi connectivity index (χ4v) is 2.48. The molecular weight excluding hydrogens is 266 g/mol. The predicted molar refractivity (Wildman–Crippen MR) is 83.4 cm³/mol. The van der Waals surface area contributed by atoms with Gasteiger partial charge in [-0.2, -0.15) is 0 Å². The highest BCUT2D eigenvalue weighted by Gasteiger charge is 2.27. The molecule has 5 nitrogen and oxygen atoms in total. The van der Waals surface area contributed by atoms with Crippen LogP contribution in [-0.2, 0) is 4.74 Å². The molecule has 2 atom stereocenters. The number of pyridine rings is 1. The lowest BCUT2D eigenvalue weighted by molar-refractivity contribution is 0.0505. The van der Waals surface area contributed by atoms with Crippen molar-refractivity contribution < 1.29 is 9.53 Å². The SMILES string of the molecule is Cc1ccc(N[C@H]2CC[C@H](NC(=O)OC(C)(C)C)C2)nc1. The van der Waals surface area contributed by atoms with Gasteiger partial charge in [-0.25, -0.2) is 9.78 Å². The van der Waals surface area contributed by atoms with Gasteiger partial charge < -0.3 is 15.4 Å². The number of aromatic nitrogens is 1. The Labute approximate surface area is 126 Å². The maximum absolute atomic E-state index is 11.8. The highest BCUT2D eigenvalue weighted by molar-refractivity contribution is 5.68. The fourth-order valence-electron chi connectivity index (χ4n) is 2.48. The lowest BCUT2D eigenvalue weighted by atomic mass is 10.2. The van der Waals surface area contributed by atoms with E-state index in [9.17, 15) is 4.79 Å². The van der Waals surface area contributed by atoms with E-state index in [2.05, 4.69) is 15.6 Å². The molecule has 1 aliphatic carbocycles. The summed E-state index contributed by atoms with van der Waals surface area (Å²) in [4.78, 5) is 16.1. The molecule has 5 heteroatoms. The Bertz CT molecular complexity index is 479. The Morgan fingerprint density at radius 1 is 1.29 bits per heavy atom. The summed E-state index contributed by atoms with van der Waals surface area (Å²) in [6.45, 7) is 7.63. The minimum Gasteiger partial charge on any atom is -0.444 e. The maximum atomic E-state index is 11.8. The van der Waals surface area contributed by atoms with Crippen LogP contribution >= 0.6 is 0 Å². The number of hydrogen-bond acceptors (Lipinski definition) is 4. The van der Waals surface area contributed by atoms with E-state index in [-0.39, 0.29) is 12.1 Å². The van der Waals surface area contributed by atoms with Gasteiger partial charge in [-0.05, 0) is 58.6 Å². The van der Waals surface area contributed by atoms with E-state index < -0.39 is 5.60 Å². The van der Waals surface area contributed by atoms with Crippen molar-refractivity contribution in [3.63, 3.8) is 0 Å². The fraction of sp³-hybridized carbons (Fsp3) is 0.625. The molecule has 0 unspecified atom stereocenters. The topological polar surface area (TPSA) is 63.2 Å². The van der Waals surface area contributed by atoms with Crippen LogP contribution in [0.4, 0.5) is 10.6 Å². The summed E-state index contributed by atoms with van der Waals surface area (Å²) in [7, 11) is 0. The number of hydrogen-bond donors (Lipinski definition) is 2. The Kier molecular flexibility index (Phi) is 4.70. The van der Waals surface area contributed by atoms with Crippen LogP contribution in [0.5, 0.6) is 0 Å². The lowest BCUT2D eigenvalue weighted by Crippen LogP contribution is -2.38. The van der Waals surface area contributed by atoms with Crippen LogP contribution in [0.1, 0.15) is 45.6 Å². The number of alkyl carbamates (subject to hydrolysis) is 1. The molecule has 1 aromatic heterocycles. The molecule has 1 amide bonds. The van der Waals surface area contributed by atoms with Crippen LogP contribution in [0.25, 0.3) is 0 Å². The largest absolute Gasteiger partial charge is 0.444 e. The molecule has 0 spiro atoms. The summed E-state index contributed by atoms with van der Waals surface area (Å²) in [5, 5.41) is 6.36. The highest BCUT2D eigenvalue weighted by atomic mass is 16.6. The van der Waals surface area contributed by atoms with Crippen molar-refractivity contribution in [3.8, 4) is 0 Å². The normalized spacial score (nSPS) is 21.9. The zero-order chi connectivity index (χ0) is 15.5. The summed E-state index contributed by atoms with van der Waals surface area (Å²) in [5.74, 6) is 0.892. The van der Waals surface area contributed by atoms with Crippen molar-refractivity contribution in [3.05, 3.63) is 23.9 Å². The van der Waals surface area contributed by atoms with Crippen molar-refractivity contribution >= 4 is 11.9 Å². The number of carbonyl (C=O) groups is 1. The molecule has 0 bridgehead atoms. The Morgan fingerprint density at radius 3 is 2.62 bits per heavy atom. The zero-order valence-corrected chi connectivity index (χ0v) is 13.3. The predicted octanol–water partition coefficient (Wildman–Crippen LogP) is 3.25. The molecule has 0 aromatic carbocycles. The summed E-state index contributed by atoms with van der Waals surface area (Å²) < 4.78 is 5.28. The van der Waals surface area contributed by atoms with Gasteiger partial charge in [0, 0.05) is 18.3 Å². The van der Waals surface area contributed by atoms with Crippen LogP contribution in [0.2, 0.25) is 0 Å². The first-order valence-electron chi connectivity index (χ1n) is 7.50. The van der Waals surface area contributed by atoms with Gasteiger partial charge in [-0.1, -0.05) is 6.07 Å². The molecule has 0 radical (unpaired) electrons. The lowest BCUT2D eigenvalue weighted by Gasteiger charge is -2.22. The first-order valence-corrected chi connectivity index (χ1v) is 7.50. The molecule has 1 saturated carbocycles. The molecule has 1 heterocycles. The molecule has 1 aliphatic rings. The standard InChI is InChI=1S/C16H25N3O2/c1-11-5-8-14(17-10-11)18-12-6-7-13(9-12)19-15(20)21-16(2,3)4/h5,8,10,12-13H,6-7,9H2,1-4H3,(H,17,18)(H,19,20)/t12-,13-/m0/s1. The number of rotatable bonds is 3. The molecule has 116 valence electrons. The third-order valence-corrected chi connectivity index (χ3v) is 3.42. The monoisotopic (exact) mass is 291 g/mol. The van der Waals surface area contributed by atoms with Crippen molar-refractivity contribution in [2.45, 2.75) is 64.6 Å². The number of aryl methyl sites for hydroxylation is 1. The Hall–Kier alpha value is -1.78. The third-order valence-electron chi connectivity index (χ3n) is 3.42. The molecule has 21 heavy (non-hydrogen) atoms. The summed E-state index contributed by atoms with van der Waals surface area (Å²) >= 11 is 0. The van der Waals surface area contributed by atoms with Gasteiger partial charge in [0.2, 0.25) is 0 Å². The van der Waals surface area contributed by atoms with E-state index in [0.29, 0.717) is 6.04 Å². The second-order valence-corrected chi connectivity index (χ2v) is 6.72. The molecule has 1 aromatic rings. The van der Waals surface area contributed by atoms with E-state index in [1.54, 1.807) is 0 Å². The summed E-state index contributed by atoms with van der Waals surface area (Å²) in [6, 6.07) is 4.55. The number of nitrogens with one attached hydrogen (secondary N) is 2. The molecule has 2 rings (SSSR count). The average molecular weight is 291 g/mol. The van der Waals surface area contributed by atoms with Gasteiger partial charge in [0.15, 0.2) is 0 Å². The Balaban J connectivity index is 1.78. The van der Waals surface area contributed by atoms with Crippen LogP contribution < -0.4 is 10.6 Å². The number of ether oxygens (including phenoxy) is 1. The molecule has 2 N–H and O–H groups in total. The van der Waals surface area contributed by atoms with Crippen molar-refractivity contribution in [2.75, 3.05) is 5.32 Å². The van der Waals surface area contributed by atoms with Gasteiger partial charge in [0.05, 0.1) is 0 Å². The minimum absolute atomic E-state index is 0.169.